The van der Waals surface area contributed by atoms with E-state index in [-0.39, 0.29) is 0 Å². The molecule has 3 aromatic rings. The predicted octanol–water partition coefficient (Wildman–Crippen LogP) is 2.54. The lowest BCUT2D eigenvalue weighted by molar-refractivity contribution is 0.310. The first-order valence-electron chi connectivity index (χ1n) is 7.01. The molecule has 0 amide bonds. The van der Waals surface area contributed by atoms with E-state index in [1.54, 1.807) is 11.3 Å². The van der Waals surface area contributed by atoms with Crippen molar-refractivity contribution in [3.63, 3.8) is 0 Å². The highest BCUT2D eigenvalue weighted by Crippen LogP contribution is 2.35. The summed E-state index contributed by atoms with van der Waals surface area (Å²) < 4.78 is 3.59. The quantitative estimate of drug-likeness (QED) is 0.687. The summed E-state index contributed by atoms with van der Waals surface area (Å²) in [5.74, 6) is 1.12. The first-order valence-corrected chi connectivity index (χ1v) is 7.83. The molecule has 5 heteroatoms. The van der Waals surface area contributed by atoms with Gasteiger partial charge in [0.25, 0.3) is 0 Å². The monoisotopic (exact) mass is 286 g/mol. The van der Waals surface area contributed by atoms with Crippen LogP contribution < -0.4 is 4.90 Å². The summed E-state index contributed by atoms with van der Waals surface area (Å²) in [5, 5.41) is 1.32. The van der Waals surface area contributed by atoms with Crippen molar-refractivity contribution in [3.05, 3.63) is 24.3 Å². The summed E-state index contributed by atoms with van der Waals surface area (Å²) in [7, 11) is 4.32. The van der Waals surface area contributed by atoms with Gasteiger partial charge in [0.15, 0.2) is 0 Å². The average Bonchev–Trinajstić information content (AvgIpc) is 2.97. The summed E-state index contributed by atoms with van der Waals surface area (Å²) in [6.45, 7) is 4.35. The number of fused-ring (bicyclic) bond motifs is 3. The van der Waals surface area contributed by atoms with Gasteiger partial charge in [0.2, 0.25) is 5.95 Å². The molecule has 0 aliphatic carbocycles. The van der Waals surface area contributed by atoms with Crippen molar-refractivity contribution in [2.75, 3.05) is 38.1 Å². The second-order valence-electron chi connectivity index (χ2n) is 5.51. The highest BCUT2D eigenvalue weighted by molar-refractivity contribution is 7.25. The number of imidazole rings is 1. The van der Waals surface area contributed by atoms with Gasteiger partial charge in [-0.25, -0.2) is 4.98 Å². The van der Waals surface area contributed by atoms with E-state index >= 15 is 0 Å². The molecular formula is C15H18N4S. The van der Waals surface area contributed by atoms with E-state index in [0.29, 0.717) is 0 Å². The number of aryl methyl sites for hydroxylation is 1. The smallest absolute Gasteiger partial charge is 0.207 e. The van der Waals surface area contributed by atoms with Crippen LogP contribution in [0.3, 0.4) is 0 Å². The number of anilines is 1. The van der Waals surface area contributed by atoms with Crippen LogP contribution in [0, 0.1) is 0 Å². The van der Waals surface area contributed by atoms with Crippen LogP contribution >= 0.6 is 11.3 Å². The molecule has 0 unspecified atom stereocenters. The highest BCUT2D eigenvalue weighted by atomic mass is 32.1. The van der Waals surface area contributed by atoms with Crippen LogP contribution in [0.5, 0.6) is 0 Å². The minimum atomic E-state index is 1.06. The third-order valence-electron chi connectivity index (χ3n) is 4.17. The van der Waals surface area contributed by atoms with Gasteiger partial charge in [0.05, 0.1) is 5.52 Å². The molecule has 0 radical (unpaired) electrons. The van der Waals surface area contributed by atoms with E-state index in [2.05, 4.69) is 52.7 Å². The van der Waals surface area contributed by atoms with Crippen molar-refractivity contribution >= 4 is 37.7 Å². The molecule has 0 spiro atoms. The first kappa shape index (κ1) is 12.2. The van der Waals surface area contributed by atoms with Crippen LogP contribution in [0.2, 0.25) is 0 Å². The zero-order chi connectivity index (χ0) is 13.7. The maximum atomic E-state index is 4.89. The van der Waals surface area contributed by atoms with E-state index < -0.39 is 0 Å². The number of hydrogen-bond acceptors (Lipinski definition) is 4. The molecule has 0 bridgehead atoms. The Labute approximate surface area is 122 Å². The lowest BCUT2D eigenvalue weighted by Gasteiger charge is -2.33. The van der Waals surface area contributed by atoms with Gasteiger partial charge in [0, 0.05) is 43.3 Å². The molecule has 1 aliphatic heterocycles. The molecular weight excluding hydrogens is 268 g/mol. The summed E-state index contributed by atoms with van der Waals surface area (Å²) >= 11 is 1.79. The summed E-state index contributed by atoms with van der Waals surface area (Å²) in [5.41, 5.74) is 1.28. The van der Waals surface area contributed by atoms with E-state index in [1.165, 1.54) is 15.6 Å². The van der Waals surface area contributed by atoms with Crippen LogP contribution in [0.15, 0.2) is 24.3 Å². The summed E-state index contributed by atoms with van der Waals surface area (Å²) in [6.07, 6.45) is 0. The molecule has 1 aromatic carbocycles. The lowest BCUT2D eigenvalue weighted by atomic mass is 10.2. The molecule has 0 N–H and O–H groups in total. The molecule has 1 saturated heterocycles. The number of rotatable bonds is 1. The number of aromatic nitrogens is 2. The number of benzene rings is 1. The Bertz CT molecular complexity index is 765. The summed E-state index contributed by atoms with van der Waals surface area (Å²) in [6, 6.07) is 8.58. The van der Waals surface area contributed by atoms with Crippen molar-refractivity contribution in [1.82, 2.24) is 14.5 Å². The fourth-order valence-electron chi connectivity index (χ4n) is 2.97. The first-order chi connectivity index (χ1) is 9.74. The Morgan fingerprint density at radius 3 is 2.60 bits per heavy atom. The Morgan fingerprint density at radius 2 is 1.80 bits per heavy atom. The number of likely N-dealkylation sites (N-methyl/N-ethyl adjacent to an activating group) is 1. The second-order valence-corrected chi connectivity index (χ2v) is 6.54. The van der Waals surface area contributed by atoms with Crippen molar-refractivity contribution < 1.29 is 0 Å². The van der Waals surface area contributed by atoms with E-state index in [4.69, 9.17) is 4.98 Å². The molecule has 1 aliphatic rings. The van der Waals surface area contributed by atoms with Gasteiger partial charge < -0.3 is 14.4 Å². The van der Waals surface area contributed by atoms with Gasteiger partial charge in [-0.3, -0.25) is 0 Å². The summed E-state index contributed by atoms with van der Waals surface area (Å²) in [4.78, 5) is 10.8. The van der Waals surface area contributed by atoms with Gasteiger partial charge in [-0.05, 0) is 13.1 Å². The molecule has 1 fully saturated rings. The third-order valence-corrected chi connectivity index (χ3v) is 5.23. The van der Waals surface area contributed by atoms with Crippen molar-refractivity contribution in [2.45, 2.75) is 0 Å². The molecule has 4 nitrogen and oxygen atoms in total. The highest BCUT2D eigenvalue weighted by Gasteiger charge is 2.21. The normalized spacial score (nSPS) is 17.4. The van der Waals surface area contributed by atoms with E-state index in [0.717, 1.165) is 37.0 Å². The number of piperazine rings is 1. The van der Waals surface area contributed by atoms with Crippen LogP contribution in [-0.4, -0.2) is 47.7 Å². The molecule has 0 saturated carbocycles. The minimum absolute atomic E-state index is 1.06. The van der Waals surface area contributed by atoms with E-state index in [9.17, 15) is 0 Å². The van der Waals surface area contributed by atoms with Gasteiger partial charge in [-0.15, -0.1) is 11.3 Å². The standard InChI is InChI=1S/C15H18N4S/c1-17-7-9-19(10-8-17)15-16-14-13(18(15)2)11-5-3-4-6-12(11)20-14/h3-6H,7-10H2,1-2H3. The molecule has 3 heterocycles. The predicted molar refractivity (Wildman–Crippen MR) is 85.8 cm³/mol. The number of nitrogens with zero attached hydrogens (tertiary/aromatic N) is 4. The lowest BCUT2D eigenvalue weighted by Crippen LogP contribution is -2.45. The second kappa shape index (κ2) is 4.46. The van der Waals surface area contributed by atoms with Gasteiger partial charge in [0.1, 0.15) is 4.83 Å². The average molecular weight is 286 g/mol. The van der Waals surface area contributed by atoms with Crippen LogP contribution in [0.25, 0.3) is 20.4 Å². The maximum Gasteiger partial charge on any atom is 0.207 e. The zero-order valence-corrected chi connectivity index (χ0v) is 12.7. The molecule has 20 heavy (non-hydrogen) atoms. The van der Waals surface area contributed by atoms with E-state index in [1.807, 2.05) is 0 Å². The van der Waals surface area contributed by atoms with Gasteiger partial charge in [-0.1, -0.05) is 18.2 Å². The van der Waals surface area contributed by atoms with Crippen LogP contribution in [0.1, 0.15) is 0 Å². The third kappa shape index (κ3) is 1.73. The fourth-order valence-corrected chi connectivity index (χ4v) is 4.07. The van der Waals surface area contributed by atoms with Crippen LogP contribution in [0.4, 0.5) is 5.95 Å². The van der Waals surface area contributed by atoms with Crippen molar-refractivity contribution in [2.24, 2.45) is 7.05 Å². The molecule has 4 rings (SSSR count). The van der Waals surface area contributed by atoms with Crippen molar-refractivity contribution in [1.29, 1.82) is 0 Å². The molecule has 2 aromatic heterocycles. The zero-order valence-electron chi connectivity index (χ0n) is 11.8. The number of thiophene rings is 1. The topological polar surface area (TPSA) is 24.3 Å². The van der Waals surface area contributed by atoms with Crippen LogP contribution in [-0.2, 0) is 7.05 Å². The fraction of sp³-hybridized carbons (Fsp3) is 0.400. The van der Waals surface area contributed by atoms with Gasteiger partial charge in [-0.2, -0.15) is 0 Å². The Hall–Kier alpha value is -1.59. The Kier molecular flexibility index (Phi) is 2.72. The maximum absolute atomic E-state index is 4.89. The number of hydrogen-bond donors (Lipinski definition) is 0. The molecule has 104 valence electrons. The Morgan fingerprint density at radius 1 is 1.05 bits per heavy atom. The molecule has 0 atom stereocenters. The SMILES string of the molecule is CN1CCN(c2nc3sc4ccccc4c3n2C)CC1. The van der Waals surface area contributed by atoms with Crippen molar-refractivity contribution in [3.8, 4) is 0 Å². The largest absolute Gasteiger partial charge is 0.340 e. The van der Waals surface area contributed by atoms with Gasteiger partial charge >= 0.3 is 0 Å². The Balaban J connectivity index is 1.83. The minimum Gasteiger partial charge on any atom is -0.340 e.